The zero-order valence-electron chi connectivity index (χ0n) is 65.9. The van der Waals surface area contributed by atoms with E-state index in [1.807, 2.05) is 70.1 Å². The number of hydrogen-bond acceptors (Lipinski definition) is 18. The van der Waals surface area contributed by atoms with Crippen molar-refractivity contribution in [1.29, 1.82) is 0 Å². The summed E-state index contributed by atoms with van der Waals surface area (Å²) in [4.78, 5) is 72.0. The summed E-state index contributed by atoms with van der Waals surface area (Å²) < 4.78 is 73.1. The Balaban J connectivity index is 1.30. The first kappa shape index (κ1) is 93.7. The molecular formula is C78H142N8O16P2+2. The molecule has 0 aliphatic carbocycles. The Labute approximate surface area is 626 Å². The fourth-order valence-electron chi connectivity index (χ4n) is 11.9. The standard InChI is InChI=1S/C78H140N8O16P2/c1-9-11-13-15-17-19-21-23-25-27-29-37-43-52-75(87)95-65-73(67-99-103(91,92)97-58-56-85(3,4)5)101-77(89)54-45-39-33-31-35-41-50-71-63-83(81-79-71)61-69-48-47-49-70(60-69)62-84-64-72(80-82-84)51-42-36-32-34-40-46-55-78(90)102-74(68-100-104(93,94)98-59-57-86(6,7)8)66-96-76(88)53-44-38-30-28-26-24-22-20-18-16-14-12-10-2/h47-49,60,63-64,73-74H,9-46,50-59,61-62,65-68H2,1-8H3/p+2/t73-,74-/m1/s1. The normalized spacial score (nSPS) is 13.7. The van der Waals surface area contributed by atoms with Gasteiger partial charge in [0.05, 0.1) is 80.0 Å². The van der Waals surface area contributed by atoms with E-state index in [4.69, 9.17) is 37.0 Å². The molecule has 2 heterocycles. The first-order valence-corrected chi connectivity index (χ1v) is 43.3. The molecule has 3 aromatic rings. The molecule has 0 spiro atoms. The monoisotopic (exact) mass is 1510 g/mol. The third-order valence-electron chi connectivity index (χ3n) is 18.3. The van der Waals surface area contributed by atoms with Gasteiger partial charge >= 0.3 is 39.5 Å². The van der Waals surface area contributed by atoms with Crippen molar-refractivity contribution in [2.45, 2.75) is 322 Å². The molecule has 0 saturated heterocycles. The molecule has 0 bridgehead atoms. The maximum absolute atomic E-state index is 13.0. The predicted molar refractivity (Wildman–Crippen MR) is 408 cm³/mol. The number of phosphoric acid groups is 2. The Hall–Kier alpha value is -4.48. The van der Waals surface area contributed by atoms with Crippen molar-refractivity contribution in [3.8, 4) is 0 Å². The summed E-state index contributed by atoms with van der Waals surface area (Å²) in [5.41, 5.74) is 4.08. The van der Waals surface area contributed by atoms with Crippen molar-refractivity contribution in [3.63, 3.8) is 0 Å². The molecule has 1 aromatic carbocycles. The van der Waals surface area contributed by atoms with Gasteiger partial charge in [-0.2, -0.15) is 0 Å². The average Bonchev–Trinajstić information content (AvgIpc) is 1.70. The van der Waals surface area contributed by atoms with Gasteiger partial charge in [0.25, 0.3) is 0 Å². The molecule has 0 amide bonds. The fourth-order valence-corrected chi connectivity index (χ4v) is 13.4. The number of ether oxygens (including phenoxy) is 4. The van der Waals surface area contributed by atoms with Crippen LogP contribution in [0.3, 0.4) is 0 Å². The van der Waals surface area contributed by atoms with E-state index in [0.29, 0.717) is 60.8 Å². The number of esters is 4. The summed E-state index contributed by atoms with van der Waals surface area (Å²) in [5, 5.41) is 17.7. The molecule has 104 heavy (non-hydrogen) atoms. The maximum atomic E-state index is 13.0. The Morgan fingerprint density at radius 1 is 0.404 bits per heavy atom. The minimum Gasteiger partial charge on any atom is -0.462 e. The van der Waals surface area contributed by atoms with Crippen LogP contribution in [0.2, 0.25) is 0 Å². The maximum Gasteiger partial charge on any atom is 0.472 e. The molecule has 0 aliphatic rings. The van der Waals surface area contributed by atoms with Crippen molar-refractivity contribution < 1.29 is 84.1 Å². The Morgan fingerprint density at radius 2 is 0.692 bits per heavy atom. The van der Waals surface area contributed by atoms with E-state index in [0.717, 1.165) is 138 Å². The number of phosphoric ester groups is 2. The number of unbranched alkanes of at least 4 members (excludes halogenated alkanes) is 34. The number of likely N-dealkylation sites (N-methyl/N-ethyl adjacent to an activating group) is 2. The van der Waals surface area contributed by atoms with Crippen molar-refractivity contribution in [1.82, 2.24) is 30.0 Å². The van der Waals surface area contributed by atoms with E-state index in [2.05, 4.69) is 52.7 Å². The summed E-state index contributed by atoms with van der Waals surface area (Å²) in [6, 6.07) is 8.35. The van der Waals surface area contributed by atoms with Gasteiger partial charge in [-0.25, -0.2) is 18.5 Å². The van der Waals surface area contributed by atoms with Crippen LogP contribution in [0.15, 0.2) is 36.7 Å². The molecule has 2 aromatic heterocycles. The van der Waals surface area contributed by atoms with Gasteiger partial charge in [-0.1, -0.05) is 254 Å². The highest BCUT2D eigenvalue weighted by Gasteiger charge is 2.29. The molecular weight excluding hydrogens is 1370 g/mol. The lowest BCUT2D eigenvalue weighted by atomic mass is 10.0. The molecule has 0 saturated carbocycles. The van der Waals surface area contributed by atoms with Crippen LogP contribution in [0.5, 0.6) is 0 Å². The van der Waals surface area contributed by atoms with Gasteiger partial charge in [-0.3, -0.25) is 37.3 Å². The minimum atomic E-state index is -4.45. The minimum absolute atomic E-state index is 0.00383. The summed E-state index contributed by atoms with van der Waals surface area (Å²) in [5.74, 6) is -1.78. The van der Waals surface area contributed by atoms with Gasteiger partial charge in [0.15, 0.2) is 12.2 Å². The van der Waals surface area contributed by atoms with Crippen molar-refractivity contribution in [3.05, 3.63) is 59.2 Å². The molecule has 598 valence electrons. The second kappa shape index (κ2) is 57.6. The van der Waals surface area contributed by atoms with Crippen LogP contribution in [-0.2, 0) is 91.3 Å². The first-order chi connectivity index (χ1) is 49.9. The van der Waals surface area contributed by atoms with E-state index in [-0.39, 0.29) is 52.1 Å². The van der Waals surface area contributed by atoms with Gasteiger partial charge in [-0.15, -0.1) is 10.2 Å². The first-order valence-electron chi connectivity index (χ1n) is 40.3. The number of aromatic nitrogens is 6. The third-order valence-corrected chi connectivity index (χ3v) is 20.3. The van der Waals surface area contributed by atoms with Crippen LogP contribution >= 0.6 is 15.6 Å². The highest BCUT2D eigenvalue weighted by molar-refractivity contribution is 7.47. The molecule has 26 heteroatoms. The van der Waals surface area contributed by atoms with Crippen LogP contribution in [0.1, 0.15) is 306 Å². The summed E-state index contributed by atoms with van der Waals surface area (Å²) in [7, 11) is 2.73. The average molecular weight is 1510 g/mol. The smallest absolute Gasteiger partial charge is 0.462 e. The van der Waals surface area contributed by atoms with Gasteiger partial charge in [0, 0.05) is 38.1 Å². The number of rotatable bonds is 70. The number of aryl methyl sites for hydroxylation is 2. The van der Waals surface area contributed by atoms with E-state index < -0.39 is 64.9 Å². The number of carbonyl (C=O) groups excluding carboxylic acids is 4. The Kier molecular flexibility index (Phi) is 51.9. The quantitative estimate of drug-likeness (QED) is 0.0175. The number of quaternary nitrogens is 2. The lowest BCUT2D eigenvalue weighted by Gasteiger charge is -2.24. The predicted octanol–water partition coefficient (Wildman–Crippen LogP) is 17.1. The molecule has 24 nitrogen and oxygen atoms in total. The molecule has 2 N–H and O–H groups in total. The molecule has 0 fully saturated rings. The highest BCUT2D eigenvalue weighted by atomic mass is 31.2. The van der Waals surface area contributed by atoms with E-state index >= 15 is 0 Å². The highest BCUT2D eigenvalue weighted by Crippen LogP contribution is 2.44. The number of carbonyl (C=O) groups is 4. The summed E-state index contributed by atoms with van der Waals surface area (Å²) in [6.45, 7) is 5.15. The van der Waals surface area contributed by atoms with Crippen molar-refractivity contribution >= 4 is 39.5 Å². The molecule has 2 unspecified atom stereocenters. The second-order valence-electron chi connectivity index (χ2n) is 30.7. The fraction of sp³-hybridized carbons (Fsp3) is 0.821. The lowest BCUT2D eigenvalue weighted by molar-refractivity contribution is -0.870. The van der Waals surface area contributed by atoms with Crippen molar-refractivity contribution in [2.24, 2.45) is 0 Å². The summed E-state index contributed by atoms with van der Waals surface area (Å²) in [6.07, 6.45) is 46.3. The van der Waals surface area contributed by atoms with Gasteiger partial charge in [0.1, 0.15) is 39.5 Å². The second-order valence-corrected chi connectivity index (χ2v) is 33.6. The number of nitrogens with zero attached hydrogens (tertiary/aromatic N) is 8. The zero-order chi connectivity index (χ0) is 75.8. The summed E-state index contributed by atoms with van der Waals surface area (Å²) >= 11 is 0. The molecule has 0 aliphatic heterocycles. The van der Waals surface area contributed by atoms with Crippen LogP contribution < -0.4 is 0 Å². The molecule has 4 atom stereocenters. The van der Waals surface area contributed by atoms with Gasteiger partial charge < -0.3 is 37.7 Å². The van der Waals surface area contributed by atoms with E-state index in [9.17, 15) is 38.1 Å². The van der Waals surface area contributed by atoms with E-state index in [1.54, 1.807) is 0 Å². The molecule has 0 radical (unpaired) electrons. The van der Waals surface area contributed by atoms with Crippen LogP contribution in [0.25, 0.3) is 0 Å². The van der Waals surface area contributed by atoms with Gasteiger partial charge in [0.2, 0.25) is 0 Å². The molecule has 3 rings (SSSR count). The SMILES string of the molecule is CCCCCCCCCCCCCCCC(=O)OC[C@H](COP(=O)(O)OCC[N+](C)(C)C)OC(=O)CCCCCCCCc1cn(Cc2cccc(Cn3cc(CCCCCCCCC(=O)O[C@H](COC(=O)CCCCCCCCCCCCCCC)COP(=O)(O)OCC[N+](C)(C)C)nn3)c2)nn1. The number of benzene rings is 1. The third kappa shape index (κ3) is 54.2. The lowest BCUT2D eigenvalue weighted by Crippen LogP contribution is -2.37. The largest absolute Gasteiger partial charge is 0.472 e. The topological polar surface area (TPSA) is 278 Å². The van der Waals surface area contributed by atoms with Crippen molar-refractivity contribution in [2.75, 3.05) is 95.0 Å². The Morgan fingerprint density at radius 3 is 1.00 bits per heavy atom. The van der Waals surface area contributed by atoms with Crippen LogP contribution in [0, 0.1) is 0 Å². The van der Waals surface area contributed by atoms with E-state index in [1.165, 1.54) is 116 Å². The van der Waals surface area contributed by atoms with Crippen LogP contribution in [-0.4, -0.2) is 180 Å². The zero-order valence-corrected chi connectivity index (χ0v) is 67.7. The number of hydrogen-bond donors (Lipinski definition) is 2. The van der Waals surface area contributed by atoms with Crippen LogP contribution in [0.4, 0.5) is 0 Å². The van der Waals surface area contributed by atoms with Gasteiger partial charge in [-0.05, 0) is 62.5 Å². The Bertz CT molecular complexity index is 2610.